The monoisotopic (exact) mass is 774 g/mol. The van der Waals surface area contributed by atoms with Gasteiger partial charge in [0.25, 0.3) is 0 Å². The van der Waals surface area contributed by atoms with Crippen LogP contribution in [0.5, 0.6) is 23.0 Å². The molecule has 14 heteroatoms. The van der Waals surface area contributed by atoms with Crippen LogP contribution in [0, 0.1) is 7.14 Å². The molecule has 10 nitrogen and oxygen atoms in total. The van der Waals surface area contributed by atoms with E-state index >= 15 is 0 Å². The lowest BCUT2D eigenvalue weighted by atomic mass is 10.2. The largest absolute Gasteiger partial charge is 0.450 e. The molecule has 0 spiro atoms. The van der Waals surface area contributed by atoms with E-state index in [1.807, 2.05) is 13.8 Å². The summed E-state index contributed by atoms with van der Waals surface area (Å²) in [4.78, 5) is 40.1. The Morgan fingerprint density at radius 3 is 1.53 bits per heavy atom. The Morgan fingerprint density at radius 2 is 1.16 bits per heavy atom. The summed E-state index contributed by atoms with van der Waals surface area (Å²) >= 11 is 18.0. The van der Waals surface area contributed by atoms with E-state index in [0.717, 1.165) is 18.2 Å². The number of H-pyrrole nitrogens is 2. The Balaban J connectivity index is 1.50. The number of aromatic nitrogens is 4. The standard InChI is InChI=1S/C24H14Cl2I2N6O4/c1-3-33-17-7(31-23(33)35)5-9-19(13(17)27)37-21-11(25)16-22(12(26)15(21)29-9)38-20-10(30-16)6-8-18(14(20)28)34(4-2)24(36)32-8/h5-6H,3-4H2,1-2H3,(H,31,35)(H,32,36). The number of ether oxygens (including phenoxy) is 2. The van der Waals surface area contributed by atoms with Gasteiger partial charge in [-0.1, -0.05) is 23.2 Å². The van der Waals surface area contributed by atoms with Gasteiger partial charge in [0.2, 0.25) is 0 Å². The lowest BCUT2D eigenvalue weighted by Crippen LogP contribution is -2.22. The Kier molecular flexibility index (Phi) is 5.45. The molecule has 7 rings (SSSR count). The minimum Gasteiger partial charge on any atom is -0.450 e. The molecule has 192 valence electrons. The normalized spacial score (nSPS) is 13.2. The summed E-state index contributed by atoms with van der Waals surface area (Å²) in [6, 6.07) is 3.51. The molecule has 38 heavy (non-hydrogen) atoms. The maximum Gasteiger partial charge on any atom is 0.326 e. The molecule has 2 aromatic heterocycles. The molecule has 0 amide bonds. The molecule has 0 bridgehead atoms. The first-order valence-corrected chi connectivity index (χ1v) is 14.4. The second-order valence-electron chi connectivity index (χ2n) is 8.63. The second-order valence-corrected chi connectivity index (χ2v) is 11.5. The Bertz CT molecular complexity index is 2010. The molecule has 2 N–H and O–H groups in total. The van der Waals surface area contributed by atoms with Crippen molar-refractivity contribution >= 4 is 102 Å². The van der Waals surface area contributed by atoms with Crippen LogP contribution < -0.4 is 31.6 Å². The molecule has 0 radical (unpaired) electrons. The van der Waals surface area contributed by atoms with Crippen molar-refractivity contribution in [3.8, 4) is 23.0 Å². The van der Waals surface area contributed by atoms with Gasteiger partial charge in [-0.3, -0.25) is 9.13 Å². The van der Waals surface area contributed by atoms with Crippen molar-refractivity contribution in [3.63, 3.8) is 0 Å². The highest BCUT2D eigenvalue weighted by atomic mass is 127. The van der Waals surface area contributed by atoms with Crippen LogP contribution in [-0.4, -0.2) is 19.1 Å². The summed E-state index contributed by atoms with van der Waals surface area (Å²) in [7, 11) is 0. The van der Waals surface area contributed by atoms with E-state index in [1.54, 1.807) is 21.3 Å². The number of imidazole rings is 2. The van der Waals surface area contributed by atoms with Crippen LogP contribution in [0.1, 0.15) is 13.8 Å². The Morgan fingerprint density at radius 1 is 0.763 bits per heavy atom. The fraction of sp³-hybridized carbons (Fsp3) is 0.167. The van der Waals surface area contributed by atoms with Gasteiger partial charge in [0.05, 0.1) is 29.2 Å². The fourth-order valence-corrected chi connectivity index (χ4v) is 7.37. The zero-order valence-corrected chi connectivity index (χ0v) is 25.3. The van der Waals surface area contributed by atoms with Gasteiger partial charge in [0, 0.05) is 13.1 Å². The number of benzene rings is 3. The highest BCUT2D eigenvalue weighted by molar-refractivity contribution is 14.1. The van der Waals surface area contributed by atoms with E-state index < -0.39 is 0 Å². The third kappa shape index (κ3) is 3.17. The van der Waals surface area contributed by atoms with Gasteiger partial charge in [-0.05, 0) is 71.2 Å². The molecular weight excluding hydrogens is 761 g/mol. The van der Waals surface area contributed by atoms with Crippen LogP contribution in [0.15, 0.2) is 31.7 Å². The van der Waals surface area contributed by atoms with Crippen LogP contribution in [0.4, 0.5) is 11.4 Å². The maximum absolute atomic E-state index is 12.4. The first-order valence-electron chi connectivity index (χ1n) is 11.5. The summed E-state index contributed by atoms with van der Waals surface area (Å²) in [5.41, 5.74) is 3.31. The van der Waals surface area contributed by atoms with Crippen molar-refractivity contribution in [2.75, 3.05) is 0 Å². The van der Waals surface area contributed by atoms with E-state index in [-0.39, 0.29) is 32.9 Å². The van der Waals surface area contributed by atoms with Gasteiger partial charge in [-0.25, -0.2) is 19.6 Å². The number of nitrogens with zero attached hydrogens (tertiary/aromatic N) is 4. The summed E-state index contributed by atoms with van der Waals surface area (Å²) in [5.74, 6) is 1.43. The van der Waals surface area contributed by atoms with Gasteiger partial charge >= 0.3 is 11.4 Å². The number of hydrogen-bond donors (Lipinski definition) is 2. The summed E-state index contributed by atoms with van der Waals surface area (Å²) in [6.07, 6.45) is 0. The third-order valence-corrected chi connectivity index (χ3v) is 9.32. The van der Waals surface area contributed by atoms with Gasteiger partial charge in [-0.2, -0.15) is 0 Å². The average molecular weight is 775 g/mol. The molecule has 0 aliphatic carbocycles. The number of aromatic amines is 2. The first kappa shape index (κ1) is 24.5. The number of hydrogen-bond acceptors (Lipinski definition) is 6. The lowest BCUT2D eigenvalue weighted by Gasteiger charge is -2.22. The van der Waals surface area contributed by atoms with Crippen molar-refractivity contribution < 1.29 is 9.47 Å². The predicted octanol–water partition coefficient (Wildman–Crippen LogP) is 5.64. The van der Waals surface area contributed by atoms with Crippen LogP contribution in [0.3, 0.4) is 0 Å². The zero-order chi connectivity index (χ0) is 26.6. The number of fused-ring (bicyclic) bond motifs is 6. The summed E-state index contributed by atoms with van der Waals surface area (Å²) in [5, 5.41) is 0.980. The molecule has 4 heterocycles. The van der Waals surface area contributed by atoms with Gasteiger partial charge in [0.1, 0.15) is 32.1 Å². The van der Waals surface area contributed by atoms with Crippen molar-refractivity contribution in [1.29, 1.82) is 0 Å². The average Bonchev–Trinajstić information content (AvgIpc) is 3.40. The topological polar surface area (TPSA) is 119 Å². The van der Waals surface area contributed by atoms with Gasteiger partial charge < -0.3 is 19.4 Å². The SMILES string of the molecule is CCn1c(=O)[nH]c2cc3c(c(I)c21)Oc1c(Cl)c2c(c(Cl)c1=N3)Oc1c(cc3[nH]c(=O)n(CC)c3c1I)N=2. The minimum atomic E-state index is -0.212. The van der Waals surface area contributed by atoms with Crippen LogP contribution in [0.2, 0.25) is 10.0 Å². The van der Waals surface area contributed by atoms with E-state index in [4.69, 9.17) is 42.7 Å². The molecular formula is C24H14Cl2I2N6O4. The minimum absolute atomic E-state index is 0.187. The summed E-state index contributed by atoms with van der Waals surface area (Å²) < 4.78 is 17.3. The third-order valence-electron chi connectivity index (χ3n) is 6.62. The number of aryl methyl sites for hydroxylation is 2. The van der Waals surface area contributed by atoms with Crippen molar-refractivity contribution in [2.45, 2.75) is 26.9 Å². The van der Waals surface area contributed by atoms with Crippen LogP contribution in [-0.2, 0) is 13.1 Å². The smallest absolute Gasteiger partial charge is 0.326 e. The predicted molar refractivity (Wildman–Crippen MR) is 160 cm³/mol. The molecule has 0 saturated heterocycles. The Hall–Kier alpha value is -2.56. The number of rotatable bonds is 2. The van der Waals surface area contributed by atoms with Crippen molar-refractivity contribution in [1.82, 2.24) is 19.1 Å². The van der Waals surface area contributed by atoms with E-state index in [9.17, 15) is 9.59 Å². The van der Waals surface area contributed by atoms with Gasteiger partial charge in [0.15, 0.2) is 23.0 Å². The Labute approximate surface area is 249 Å². The molecule has 0 unspecified atom stereocenters. The van der Waals surface area contributed by atoms with Crippen molar-refractivity contribution in [3.05, 3.63) is 61.0 Å². The quantitative estimate of drug-likeness (QED) is 0.221. The van der Waals surface area contributed by atoms with Crippen molar-refractivity contribution in [2.24, 2.45) is 9.98 Å². The lowest BCUT2D eigenvalue weighted by molar-refractivity contribution is 0.448. The molecule has 0 saturated carbocycles. The zero-order valence-electron chi connectivity index (χ0n) is 19.5. The molecule has 5 aromatic rings. The van der Waals surface area contributed by atoms with Gasteiger partial charge in [-0.15, -0.1) is 0 Å². The van der Waals surface area contributed by atoms with Crippen LogP contribution in [0.25, 0.3) is 22.1 Å². The number of nitrogens with one attached hydrogen (secondary N) is 2. The molecule has 2 aliphatic rings. The highest BCUT2D eigenvalue weighted by Gasteiger charge is 2.31. The van der Waals surface area contributed by atoms with E-state index in [2.05, 4.69) is 55.1 Å². The first-order chi connectivity index (χ1) is 18.2. The molecule has 3 aromatic carbocycles. The highest BCUT2D eigenvalue weighted by Crippen LogP contribution is 2.47. The number of halogens is 4. The second kappa shape index (κ2) is 8.47. The fourth-order valence-electron chi connectivity index (χ4n) is 4.92. The molecule has 2 aliphatic heterocycles. The van der Waals surface area contributed by atoms with E-state index in [1.165, 1.54) is 0 Å². The van der Waals surface area contributed by atoms with Crippen LogP contribution >= 0.6 is 68.4 Å². The summed E-state index contributed by atoms with van der Waals surface area (Å²) in [6.45, 7) is 4.79. The molecule has 0 fully saturated rings. The van der Waals surface area contributed by atoms with E-state index in [0.29, 0.717) is 57.7 Å². The maximum atomic E-state index is 12.4. The molecule has 0 atom stereocenters.